The van der Waals surface area contributed by atoms with E-state index >= 15 is 0 Å². The molecule has 0 bridgehead atoms. The maximum atomic E-state index is 10.5. The summed E-state index contributed by atoms with van der Waals surface area (Å²) >= 11 is 0. The van der Waals surface area contributed by atoms with Gasteiger partial charge in [-0.25, -0.2) is 0 Å². The average molecular weight is 249 g/mol. The van der Waals surface area contributed by atoms with Crippen LogP contribution in [0.3, 0.4) is 0 Å². The first-order valence-electron chi connectivity index (χ1n) is 6.31. The monoisotopic (exact) mass is 249 g/mol. The number of rotatable bonds is 5. The molecule has 0 heterocycles. The van der Waals surface area contributed by atoms with E-state index in [1.807, 2.05) is 19.1 Å². The summed E-state index contributed by atoms with van der Waals surface area (Å²) in [4.78, 5) is 10.5. The lowest BCUT2D eigenvalue weighted by atomic mass is 9.87. The van der Waals surface area contributed by atoms with Crippen LogP contribution in [0.25, 0.3) is 0 Å². The van der Waals surface area contributed by atoms with Crippen LogP contribution in [0.15, 0.2) is 12.1 Å². The van der Waals surface area contributed by atoms with E-state index in [9.17, 15) is 4.79 Å². The Bertz CT molecular complexity index is 431. The molecule has 0 spiro atoms. The van der Waals surface area contributed by atoms with Gasteiger partial charge in [0.15, 0.2) is 0 Å². The first kappa shape index (κ1) is 12.7. The molecule has 1 aliphatic rings. The molecule has 4 heteroatoms. The molecular formula is C14H19NO3. The number of methoxy groups -OCH3 is 1. The topological polar surface area (TPSA) is 47.6 Å². The summed E-state index contributed by atoms with van der Waals surface area (Å²) in [5.41, 5.74) is 2.38. The van der Waals surface area contributed by atoms with Crippen molar-refractivity contribution in [3.8, 4) is 11.5 Å². The van der Waals surface area contributed by atoms with Gasteiger partial charge in [-0.1, -0.05) is 0 Å². The zero-order chi connectivity index (χ0) is 13.0. The Morgan fingerprint density at radius 2 is 2.17 bits per heavy atom. The molecule has 0 saturated heterocycles. The van der Waals surface area contributed by atoms with Gasteiger partial charge >= 0.3 is 0 Å². The molecule has 0 radical (unpaired) electrons. The number of fused-ring (bicyclic) bond motifs is 1. The molecule has 2 rings (SSSR count). The van der Waals surface area contributed by atoms with Gasteiger partial charge in [0.25, 0.3) is 0 Å². The molecule has 4 nitrogen and oxygen atoms in total. The molecule has 1 N–H and O–H groups in total. The van der Waals surface area contributed by atoms with Crippen molar-refractivity contribution in [1.82, 2.24) is 5.32 Å². The zero-order valence-corrected chi connectivity index (χ0v) is 10.9. The molecule has 1 amide bonds. The normalized spacial score (nSPS) is 17.8. The summed E-state index contributed by atoms with van der Waals surface area (Å²) in [5.74, 6) is 1.82. The number of hydrogen-bond acceptors (Lipinski definition) is 3. The highest BCUT2D eigenvalue weighted by atomic mass is 16.5. The number of ether oxygens (including phenoxy) is 2. The molecule has 18 heavy (non-hydrogen) atoms. The summed E-state index contributed by atoms with van der Waals surface area (Å²) in [6.45, 7) is 2.64. The summed E-state index contributed by atoms with van der Waals surface area (Å²) in [7, 11) is 1.67. The minimum absolute atomic E-state index is 0.195. The van der Waals surface area contributed by atoms with E-state index in [1.54, 1.807) is 7.11 Å². The summed E-state index contributed by atoms with van der Waals surface area (Å²) in [6.07, 6.45) is 3.43. The molecule has 1 aromatic rings. The van der Waals surface area contributed by atoms with Crippen LogP contribution in [-0.4, -0.2) is 26.2 Å². The average Bonchev–Trinajstić information content (AvgIpc) is 2.39. The Labute approximate surface area is 107 Å². The third kappa shape index (κ3) is 2.42. The highest BCUT2D eigenvalue weighted by molar-refractivity contribution is 5.52. The quantitative estimate of drug-likeness (QED) is 0.808. The predicted molar refractivity (Wildman–Crippen MR) is 69.2 cm³/mol. The van der Waals surface area contributed by atoms with Gasteiger partial charge in [0, 0.05) is 17.2 Å². The Kier molecular flexibility index (Phi) is 4.07. The minimum atomic E-state index is 0.195. The standard InChI is InChI=1S/C14H19NO3/c1-3-18-14-7-6-13(17-2)12-8-10(15-9-16)4-5-11(12)14/h6-7,9-10H,3-5,8H2,1-2H3,(H,15,16). The third-order valence-electron chi connectivity index (χ3n) is 3.36. The van der Waals surface area contributed by atoms with Gasteiger partial charge in [-0.05, 0) is 38.3 Å². The molecule has 1 aromatic carbocycles. The van der Waals surface area contributed by atoms with E-state index in [0.29, 0.717) is 6.61 Å². The van der Waals surface area contributed by atoms with Crippen LogP contribution in [0, 0.1) is 0 Å². The number of nitrogens with one attached hydrogen (secondary N) is 1. The first-order valence-corrected chi connectivity index (χ1v) is 6.31. The number of carbonyl (C=O) groups excluding carboxylic acids is 1. The molecule has 0 aromatic heterocycles. The van der Waals surface area contributed by atoms with Crippen molar-refractivity contribution in [3.63, 3.8) is 0 Å². The first-order chi connectivity index (χ1) is 8.80. The number of benzene rings is 1. The number of hydrogen-bond donors (Lipinski definition) is 1. The smallest absolute Gasteiger partial charge is 0.207 e. The summed E-state index contributed by atoms with van der Waals surface area (Å²) in [6, 6.07) is 4.10. The fraction of sp³-hybridized carbons (Fsp3) is 0.500. The number of amides is 1. The summed E-state index contributed by atoms with van der Waals surface area (Å²) in [5, 5.41) is 2.85. The van der Waals surface area contributed by atoms with Crippen molar-refractivity contribution in [3.05, 3.63) is 23.3 Å². The Morgan fingerprint density at radius 3 is 2.83 bits per heavy atom. The molecular weight excluding hydrogens is 230 g/mol. The van der Waals surface area contributed by atoms with Crippen LogP contribution in [0.4, 0.5) is 0 Å². The third-order valence-corrected chi connectivity index (χ3v) is 3.36. The molecule has 0 fully saturated rings. The highest BCUT2D eigenvalue weighted by Gasteiger charge is 2.24. The lowest BCUT2D eigenvalue weighted by Gasteiger charge is -2.27. The lowest BCUT2D eigenvalue weighted by Crippen LogP contribution is -2.33. The second kappa shape index (κ2) is 5.76. The van der Waals surface area contributed by atoms with E-state index in [1.165, 1.54) is 5.56 Å². The van der Waals surface area contributed by atoms with Crippen molar-refractivity contribution in [1.29, 1.82) is 0 Å². The molecule has 0 aliphatic heterocycles. The lowest BCUT2D eigenvalue weighted by molar-refractivity contribution is -0.110. The van der Waals surface area contributed by atoms with Crippen molar-refractivity contribution >= 4 is 6.41 Å². The van der Waals surface area contributed by atoms with Gasteiger partial charge in [-0.15, -0.1) is 0 Å². The van der Waals surface area contributed by atoms with Gasteiger partial charge < -0.3 is 14.8 Å². The van der Waals surface area contributed by atoms with E-state index < -0.39 is 0 Å². The van der Waals surface area contributed by atoms with Gasteiger partial charge in [0.2, 0.25) is 6.41 Å². The SMILES string of the molecule is CCOc1ccc(OC)c2c1CCC(NC=O)C2. The molecule has 0 saturated carbocycles. The van der Waals surface area contributed by atoms with E-state index in [-0.39, 0.29) is 6.04 Å². The Morgan fingerprint density at radius 1 is 1.39 bits per heavy atom. The Balaban J connectivity index is 2.33. The number of carbonyl (C=O) groups is 1. The van der Waals surface area contributed by atoms with Crippen LogP contribution in [0.5, 0.6) is 11.5 Å². The zero-order valence-electron chi connectivity index (χ0n) is 10.9. The van der Waals surface area contributed by atoms with Crippen molar-refractivity contribution in [2.24, 2.45) is 0 Å². The second-order valence-corrected chi connectivity index (χ2v) is 4.38. The fourth-order valence-electron chi connectivity index (χ4n) is 2.54. The van der Waals surface area contributed by atoms with E-state index in [0.717, 1.165) is 42.7 Å². The van der Waals surface area contributed by atoms with Crippen molar-refractivity contribution < 1.29 is 14.3 Å². The highest BCUT2D eigenvalue weighted by Crippen LogP contribution is 2.36. The van der Waals surface area contributed by atoms with Crippen LogP contribution >= 0.6 is 0 Å². The second-order valence-electron chi connectivity index (χ2n) is 4.38. The van der Waals surface area contributed by atoms with Crippen molar-refractivity contribution in [2.45, 2.75) is 32.2 Å². The van der Waals surface area contributed by atoms with Gasteiger partial charge in [0.05, 0.1) is 13.7 Å². The van der Waals surface area contributed by atoms with Gasteiger partial charge in [0.1, 0.15) is 11.5 Å². The van der Waals surface area contributed by atoms with Crippen LogP contribution in [-0.2, 0) is 17.6 Å². The van der Waals surface area contributed by atoms with Gasteiger partial charge in [-0.3, -0.25) is 4.79 Å². The maximum absolute atomic E-state index is 10.5. The predicted octanol–water partition coefficient (Wildman–Crippen LogP) is 1.70. The van der Waals surface area contributed by atoms with Crippen LogP contribution in [0.1, 0.15) is 24.5 Å². The molecule has 1 aliphatic carbocycles. The minimum Gasteiger partial charge on any atom is -0.496 e. The van der Waals surface area contributed by atoms with Crippen LogP contribution < -0.4 is 14.8 Å². The largest absolute Gasteiger partial charge is 0.496 e. The van der Waals surface area contributed by atoms with E-state index in [4.69, 9.17) is 9.47 Å². The summed E-state index contributed by atoms with van der Waals surface area (Å²) < 4.78 is 11.1. The molecule has 1 atom stereocenters. The van der Waals surface area contributed by atoms with E-state index in [2.05, 4.69) is 5.32 Å². The molecule has 1 unspecified atom stereocenters. The van der Waals surface area contributed by atoms with Crippen LogP contribution in [0.2, 0.25) is 0 Å². The van der Waals surface area contributed by atoms with Crippen molar-refractivity contribution in [2.75, 3.05) is 13.7 Å². The Hall–Kier alpha value is -1.71. The van der Waals surface area contributed by atoms with Gasteiger partial charge in [-0.2, -0.15) is 0 Å². The maximum Gasteiger partial charge on any atom is 0.207 e. The fourth-order valence-corrected chi connectivity index (χ4v) is 2.54. The molecule has 98 valence electrons.